The number of imidazole rings is 1. The molecule has 2 aromatic carbocycles. The second-order valence-electron chi connectivity index (χ2n) is 8.50. The molecule has 0 aliphatic carbocycles. The quantitative estimate of drug-likeness (QED) is 0.103. The highest BCUT2D eigenvalue weighted by Gasteiger charge is 2.46. The van der Waals surface area contributed by atoms with Gasteiger partial charge in [-0.15, -0.1) is 0 Å². The fraction of sp³-hybridized carbons (Fsp3) is 0.261. The lowest BCUT2D eigenvalue weighted by Gasteiger charge is -2.21. The topological polar surface area (TPSA) is 183 Å². The van der Waals surface area contributed by atoms with Gasteiger partial charge < -0.3 is 35.2 Å². The summed E-state index contributed by atoms with van der Waals surface area (Å²) in [6.07, 6.45) is 1.92. The molecule has 0 amide bonds. The molecule has 0 aliphatic heterocycles. The van der Waals surface area contributed by atoms with Crippen molar-refractivity contribution in [2.24, 2.45) is 0 Å². The van der Waals surface area contributed by atoms with Crippen molar-refractivity contribution in [3.05, 3.63) is 65.4 Å². The number of phenolic OH excluding ortho intramolecular Hbond substituents is 1. The monoisotopic (exact) mass is 578 g/mol. The van der Waals surface area contributed by atoms with E-state index in [-0.39, 0.29) is 24.7 Å². The molecule has 1 unspecified atom stereocenters. The highest BCUT2D eigenvalue weighted by molar-refractivity contribution is 7.63. The maximum atomic E-state index is 11.5. The number of benzene rings is 2. The third-order valence-corrected chi connectivity index (χ3v) is 8.62. The Morgan fingerprint density at radius 3 is 2.63 bits per heavy atom. The molecule has 0 spiro atoms. The van der Waals surface area contributed by atoms with Crippen LogP contribution in [0.1, 0.15) is 18.4 Å². The van der Waals surface area contributed by atoms with Crippen LogP contribution in [0.25, 0.3) is 11.2 Å². The molecule has 1 atom stereocenters. The van der Waals surface area contributed by atoms with Crippen LogP contribution in [0.4, 0.5) is 17.5 Å². The standard InChI is InChI=1S/C23H25ClN6O6P2/c24-16-5-2-6-17(13-16)27-20-19-21(30(14-26-19)11-8-15-4-1-7-18(31)12-15)29-22(28-20)25-10-3-9-23(32,37-33)38(34,35)36/h1-2,4-7,12-14,31-32H,3,8-11H2,(H2,34,35,36)(H2,25,27,28,29). The van der Waals surface area contributed by atoms with Gasteiger partial charge in [-0.1, -0.05) is 29.8 Å². The Morgan fingerprint density at radius 1 is 1.13 bits per heavy atom. The zero-order chi connectivity index (χ0) is 27.3. The molecular weight excluding hydrogens is 554 g/mol. The molecule has 2 aromatic heterocycles. The van der Waals surface area contributed by atoms with Crippen molar-refractivity contribution in [3.63, 3.8) is 0 Å². The average Bonchev–Trinajstić information content (AvgIpc) is 3.28. The summed E-state index contributed by atoms with van der Waals surface area (Å²) in [4.78, 5) is 32.1. The van der Waals surface area contributed by atoms with Crippen LogP contribution in [0.5, 0.6) is 5.75 Å². The van der Waals surface area contributed by atoms with E-state index in [2.05, 4.69) is 25.6 Å². The second-order valence-corrected chi connectivity index (χ2v) is 12.0. The van der Waals surface area contributed by atoms with Crippen molar-refractivity contribution in [2.75, 3.05) is 17.2 Å². The third-order valence-electron chi connectivity index (χ3n) is 5.69. The fourth-order valence-corrected chi connectivity index (χ4v) is 5.02. The first-order valence-corrected chi connectivity index (χ1v) is 14.3. The van der Waals surface area contributed by atoms with E-state index in [9.17, 15) is 29.1 Å². The minimum absolute atomic E-state index is 0.0755. The zero-order valence-corrected chi connectivity index (χ0v) is 22.4. The van der Waals surface area contributed by atoms with Crippen LogP contribution < -0.4 is 10.6 Å². The normalized spacial score (nSPS) is 13.5. The molecule has 0 aliphatic rings. The second kappa shape index (κ2) is 11.7. The van der Waals surface area contributed by atoms with Gasteiger partial charge in [-0.05, 0) is 48.7 Å². The lowest BCUT2D eigenvalue weighted by atomic mass is 10.1. The van der Waals surface area contributed by atoms with E-state index in [1.54, 1.807) is 42.7 Å². The van der Waals surface area contributed by atoms with Crippen molar-refractivity contribution >= 4 is 56.3 Å². The maximum Gasteiger partial charge on any atom is 0.368 e. The van der Waals surface area contributed by atoms with Crippen molar-refractivity contribution < 1.29 is 29.1 Å². The van der Waals surface area contributed by atoms with Crippen LogP contribution in [-0.2, 0) is 22.1 Å². The number of rotatable bonds is 12. The number of anilines is 3. The van der Waals surface area contributed by atoms with Gasteiger partial charge in [0.15, 0.2) is 17.0 Å². The van der Waals surface area contributed by atoms with Gasteiger partial charge in [0.1, 0.15) is 5.75 Å². The number of nitrogens with one attached hydrogen (secondary N) is 2. The van der Waals surface area contributed by atoms with Crippen molar-refractivity contribution in [3.8, 4) is 5.75 Å². The first-order valence-electron chi connectivity index (χ1n) is 11.5. The number of fused-ring (bicyclic) bond motifs is 1. The molecule has 0 radical (unpaired) electrons. The summed E-state index contributed by atoms with van der Waals surface area (Å²) in [5.74, 6) is 0.795. The molecular formula is C23H25ClN6O6P2. The predicted molar refractivity (Wildman–Crippen MR) is 144 cm³/mol. The molecule has 0 saturated carbocycles. The third kappa shape index (κ3) is 6.66. The summed E-state index contributed by atoms with van der Waals surface area (Å²) in [5, 5.41) is 23.8. The molecule has 0 bridgehead atoms. The van der Waals surface area contributed by atoms with Gasteiger partial charge in [0, 0.05) is 30.2 Å². The van der Waals surface area contributed by atoms with Gasteiger partial charge in [0.25, 0.3) is 0 Å². The van der Waals surface area contributed by atoms with Crippen LogP contribution >= 0.6 is 27.7 Å². The minimum Gasteiger partial charge on any atom is -0.508 e. The van der Waals surface area contributed by atoms with Gasteiger partial charge in [-0.25, -0.2) is 4.98 Å². The van der Waals surface area contributed by atoms with E-state index in [1.807, 2.05) is 16.7 Å². The number of halogens is 1. The zero-order valence-electron chi connectivity index (χ0n) is 19.9. The molecule has 12 nitrogen and oxygen atoms in total. The number of hydrogen-bond acceptors (Lipinski definition) is 9. The smallest absolute Gasteiger partial charge is 0.368 e. The van der Waals surface area contributed by atoms with Crippen LogP contribution in [0.2, 0.25) is 5.02 Å². The fourth-order valence-electron chi connectivity index (χ4n) is 3.71. The Kier molecular flexibility index (Phi) is 8.62. The van der Waals surface area contributed by atoms with E-state index in [4.69, 9.17) is 11.6 Å². The summed E-state index contributed by atoms with van der Waals surface area (Å²) in [5.41, 5.74) is 2.65. The summed E-state index contributed by atoms with van der Waals surface area (Å²) in [6, 6.07) is 14.0. The number of hydrogen-bond donors (Lipinski definition) is 6. The maximum absolute atomic E-state index is 11.5. The van der Waals surface area contributed by atoms with Crippen molar-refractivity contribution in [1.29, 1.82) is 0 Å². The van der Waals surface area contributed by atoms with Crippen molar-refractivity contribution in [1.82, 2.24) is 19.5 Å². The Morgan fingerprint density at radius 2 is 1.92 bits per heavy atom. The molecule has 38 heavy (non-hydrogen) atoms. The largest absolute Gasteiger partial charge is 0.508 e. The van der Waals surface area contributed by atoms with Crippen LogP contribution in [-0.4, -0.2) is 51.1 Å². The first kappa shape index (κ1) is 27.9. The molecule has 6 N–H and O–H groups in total. The Bertz CT molecular complexity index is 1500. The molecule has 4 rings (SSSR count). The van der Waals surface area contributed by atoms with Gasteiger partial charge >= 0.3 is 7.60 Å². The molecule has 0 fully saturated rings. The highest BCUT2D eigenvalue weighted by Crippen LogP contribution is 2.57. The van der Waals surface area contributed by atoms with E-state index in [0.717, 1.165) is 5.56 Å². The summed E-state index contributed by atoms with van der Waals surface area (Å²) in [6.45, 7) is 0.655. The summed E-state index contributed by atoms with van der Waals surface area (Å²) in [7, 11) is -6.05. The molecule has 2 heterocycles. The molecule has 200 valence electrons. The van der Waals surface area contributed by atoms with E-state index < -0.39 is 27.6 Å². The number of aryl methyl sites for hydroxylation is 2. The Hall–Kier alpha value is -3.11. The lowest BCUT2D eigenvalue weighted by molar-refractivity contribution is 0.157. The number of aliphatic hydroxyl groups is 1. The van der Waals surface area contributed by atoms with Crippen molar-refractivity contribution in [2.45, 2.75) is 30.9 Å². The molecule has 15 heteroatoms. The van der Waals surface area contributed by atoms with E-state index in [0.29, 0.717) is 40.7 Å². The summed E-state index contributed by atoms with van der Waals surface area (Å²) >= 11 is 6.12. The number of aromatic nitrogens is 4. The number of nitrogens with zero attached hydrogens (tertiary/aromatic N) is 4. The molecule has 0 saturated heterocycles. The minimum atomic E-state index is -4.99. The highest BCUT2D eigenvalue weighted by atomic mass is 35.5. The van der Waals surface area contributed by atoms with E-state index >= 15 is 0 Å². The predicted octanol–water partition coefficient (Wildman–Crippen LogP) is 4.48. The van der Waals surface area contributed by atoms with Gasteiger partial charge in [-0.3, -0.25) is 9.13 Å². The SMILES string of the molecule is O=PC(O)(CCCNc1nc(Nc2cccc(Cl)c2)c2ncn(CCc3cccc(O)c3)c2n1)P(=O)(O)O. The van der Waals surface area contributed by atoms with Crippen LogP contribution in [0.15, 0.2) is 54.9 Å². The lowest BCUT2D eigenvalue weighted by Crippen LogP contribution is -2.22. The van der Waals surface area contributed by atoms with E-state index in [1.165, 1.54) is 0 Å². The van der Waals surface area contributed by atoms with Crippen LogP contribution in [0.3, 0.4) is 0 Å². The molecule has 4 aromatic rings. The Labute approximate surface area is 224 Å². The van der Waals surface area contributed by atoms with Gasteiger partial charge in [0.05, 0.1) is 6.33 Å². The first-order chi connectivity index (χ1) is 18.1. The summed E-state index contributed by atoms with van der Waals surface area (Å²) < 4.78 is 24.5. The van der Waals surface area contributed by atoms with Gasteiger partial charge in [-0.2, -0.15) is 9.97 Å². The average molecular weight is 579 g/mol. The number of aromatic hydroxyl groups is 1. The Balaban J connectivity index is 1.58. The van der Waals surface area contributed by atoms with Crippen LogP contribution in [0, 0.1) is 0 Å². The van der Waals surface area contributed by atoms with Gasteiger partial charge in [0.2, 0.25) is 19.5 Å². The number of phenols is 1.